The number of ether oxygens (including phenoxy) is 1. The molecular weight excluding hydrogens is 168 g/mol. The van der Waals surface area contributed by atoms with Crippen molar-refractivity contribution < 1.29 is 9.53 Å². The number of carbonyl (C=O) groups is 1. The standard InChI is InChI=1S/C6H10N2O2.ClH/c9-6-8-4-1-2-7-3-5(4)10-6;/h4-5,7H,1-3H2,(H,8,9);1H/t4-,5+;/m1./s1. The first kappa shape index (κ1) is 8.62. The lowest BCUT2D eigenvalue weighted by Crippen LogP contribution is -2.45. The molecule has 0 bridgehead atoms. The average Bonchev–Trinajstić information content (AvgIpc) is 2.27. The van der Waals surface area contributed by atoms with Crippen molar-refractivity contribution in [3.05, 3.63) is 0 Å². The Labute approximate surface area is 71.1 Å². The first-order chi connectivity index (χ1) is 4.86. The zero-order chi connectivity index (χ0) is 6.97. The molecule has 0 saturated carbocycles. The highest BCUT2D eigenvalue weighted by molar-refractivity contribution is 5.85. The third-order valence-corrected chi connectivity index (χ3v) is 1.99. The Bertz CT molecular complexity index is 149. The minimum atomic E-state index is -0.265. The highest BCUT2D eigenvalue weighted by Gasteiger charge is 2.35. The van der Waals surface area contributed by atoms with Crippen molar-refractivity contribution in [1.29, 1.82) is 0 Å². The monoisotopic (exact) mass is 178 g/mol. The Morgan fingerprint density at radius 2 is 2.36 bits per heavy atom. The van der Waals surface area contributed by atoms with Crippen molar-refractivity contribution in [2.75, 3.05) is 13.1 Å². The molecular formula is C6H11ClN2O2. The fourth-order valence-electron chi connectivity index (χ4n) is 1.44. The normalized spacial score (nSPS) is 34.7. The van der Waals surface area contributed by atoms with Crippen LogP contribution in [-0.2, 0) is 4.74 Å². The maximum atomic E-state index is 10.6. The van der Waals surface area contributed by atoms with Gasteiger partial charge >= 0.3 is 6.09 Å². The van der Waals surface area contributed by atoms with Gasteiger partial charge in [0.25, 0.3) is 0 Å². The van der Waals surface area contributed by atoms with Gasteiger partial charge in [0.2, 0.25) is 0 Å². The predicted octanol–water partition coefficient (Wildman–Crippen LogP) is -0.122. The van der Waals surface area contributed by atoms with Crippen molar-refractivity contribution in [2.24, 2.45) is 0 Å². The van der Waals surface area contributed by atoms with E-state index in [-0.39, 0.29) is 30.6 Å². The summed E-state index contributed by atoms with van der Waals surface area (Å²) in [5.41, 5.74) is 0. The molecule has 0 radical (unpaired) electrons. The molecule has 2 N–H and O–H groups in total. The average molecular weight is 179 g/mol. The van der Waals surface area contributed by atoms with Crippen LogP contribution >= 0.6 is 12.4 Å². The van der Waals surface area contributed by atoms with Crippen LogP contribution in [0.3, 0.4) is 0 Å². The summed E-state index contributed by atoms with van der Waals surface area (Å²) >= 11 is 0. The number of nitrogens with one attached hydrogen (secondary N) is 2. The largest absolute Gasteiger partial charge is 0.443 e. The van der Waals surface area contributed by atoms with Gasteiger partial charge in [0.1, 0.15) is 6.10 Å². The second-order valence-electron chi connectivity index (χ2n) is 2.69. The molecule has 64 valence electrons. The Morgan fingerprint density at radius 1 is 1.55 bits per heavy atom. The van der Waals surface area contributed by atoms with E-state index in [9.17, 15) is 4.79 Å². The van der Waals surface area contributed by atoms with E-state index in [1.807, 2.05) is 0 Å². The van der Waals surface area contributed by atoms with Crippen molar-refractivity contribution in [2.45, 2.75) is 18.6 Å². The zero-order valence-electron chi connectivity index (χ0n) is 6.00. The molecule has 0 aromatic carbocycles. The Balaban J connectivity index is 0.000000605. The number of halogens is 1. The molecule has 2 heterocycles. The number of alkyl carbamates (subject to hydrolysis) is 1. The molecule has 2 saturated heterocycles. The van der Waals surface area contributed by atoms with Crippen molar-refractivity contribution >= 4 is 18.5 Å². The van der Waals surface area contributed by atoms with Crippen LogP contribution in [0.2, 0.25) is 0 Å². The molecule has 2 atom stereocenters. The summed E-state index contributed by atoms with van der Waals surface area (Å²) < 4.78 is 4.95. The van der Waals surface area contributed by atoms with Gasteiger partial charge in [-0.15, -0.1) is 12.4 Å². The molecule has 0 aromatic rings. The second kappa shape index (κ2) is 3.28. The molecule has 5 heteroatoms. The van der Waals surface area contributed by atoms with Gasteiger partial charge in [0.05, 0.1) is 6.04 Å². The Hall–Kier alpha value is -0.480. The van der Waals surface area contributed by atoms with E-state index >= 15 is 0 Å². The SMILES string of the molecule is Cl.O=C1N[C@@H]2CCNC[C@@H]2O1. The fraction of sp³-hybridized carbons (Fsp3) is 0.833. The number of hydrogen-bond donors (Lipinski definition) is 2. The van der Waals surface area contributed by atoms with Crippen LogP contribution in [0.1, 0.15) is 6.42 Å². The molecule has 0 spiro atoms. The number of amides is 1. The van der Waals surface area contributed by atoms with Gasteiger partial charge in [0, 0.05) is 6.54 Å². The lowest BCUT2D eigenvalue weighted by molar-refractivity contribution is 0.121. The first-order valence-electron chi connectivity index (χ1n) is 3.54. The van der Waals surface area contributed by atoms with Crippen LogP contribution in [0.5, 0.6) is 0 Å². The Kier molecular flexibility index (Phi) is 2.57. The number of piperidine rings is 1. The molecule has 2 fully saturated rings. The van der Waals surface area contributed by atoms with Crippen LogP contribution in [0.25, 0.3) is 0 Å². The molecule has 1 amide bonds. The van der Waals surface area contributed by atoms with Crippen molar-refractivity contribution in [3.63, 3.8) is 0 Å². The molecule has 0 unspecified atom stereocenters. The van der Waals surface area contributed by atoms with Crippen LogP contribution < -0.4 is 10.6 Å². The third-order valence-electron chi connectivity index (χ3n) is 1.99. The summed E-state index contributed by atoms with van der Waals surface area (Å²) in [6.07, 6.45) is 0.788. The van der Waals surface area contributed by atoms with Crippen LogP contribution in [0, 0.1) is 0 Å². The summed E-state index contributed by atoms with van der Waals surface area (Å²) in [5, 5.41) is 5.91. The van der Waals surface area contributed by atoms with Gasteiger partial charge in [-0.25, -0.2) is 4.79 Å². The van der Waals surface area contributed by atoms with E-state index in [2.05, 4.69) is 10.6 Å². The summed E-state index contributed by atoms with van der Waals surface area (Å²) in [4.78, 5) is 10.6. The molecule has 0 aromatic heterocycles. The van der Waals surface area contributed by atoms with E-state index in [0.29, 0.717) is 0 Å². The van der Waals surface area contributed by atoms with E-state index in [1.165, 1.54) is 0 Å². The number of hydrogen-bond acceptors (Lipinski definition) is 3. The quantitative estimate of drug-likeness (QED) is 0.544. The third kappa shape index (κ3) is 1.57. The molecule has 2 rings (SSSR count). The van der Waals surface area contributed by atoms with Gasteiger partial charge in [0.15, 0.2) is 0 Å². The van der Waals surface area contributed by atoms with E-state index in [1.54, 1.807) is 0 Å². The topological polar surface area (TPSA) is 50.4 Å². The number of fused-ring (bicyclic) bond motifs is 1. The highest BCUT2D eigenvalue weighted by atomic mass is 35.5. The summed E-state index contributed by atoms with van der Waals surface area (Å²) in [6.45, 7) is 1.77. The lowest BCUT2D eigenvalue weighted by atomic mass is 10.1. The van der Waals surface area contributed by atoms with Gasteiger partial charge in [-0.1, -0.05) is 0 Å². The minimum absolute atomic E-state index is 0. The van der Waals surface area contributed by atoms with Crippen molar-refractivity contribution in [1.82, 2.24) is 10.6 Å². The maximum absolute atomic E-state index is 10.6. The molecule has 4 nitrogen and oxygen atoms in total. The lowest BCUT2D eigenvalue weighted by Gasteiger charge is -2.22. The van der Waals surface area contributed by atoms with Crippen LogP contribution in [-0.4, -0.2) is 31.3 Å². The van der Waals surface area contributed by atoms with Gasteiger partial charge < -0.3 is 15.4 Å². The second-order valence-corrected chi connectivity index (χ2v) is 2.69. The van der Waals surface area contributed by atoms with E-state index in [4.69, 9.17) is 4.74 Å². The smallest absolute Gasteiger partial charge is 0.407 e. The number of rotatable bonds is 0. The summed E-state index contributed by atoms with van der Waals surface area (Å²) in [6, 6.07) is 0.258. The van der Waals surface area contributed by atoms with Gasteiger partial charge in [-0.3, -0.25) is 0 Å². The number of carbonyl (C=O) groups excluding carboxylic acids is 1. The van der Waals surface area contributed by atoms with Crippen LogP contribution in [0.15, 0.2) is 0 Å². The molecule has 11 heavy (non-hydrogen) atoms. The zero-order valence-corrected chi connectivity index (χ0v) is 6.82. The van der Waals surface area contributed by atoms with Gasteiger partial charge in [-0.05, 0) is 13.0 Å². The van der Waals surface area contributed by atoms with Crippen LogP contribution in [0.4, 0.5) is 4.79 Å². The van der Waals surface area contributed by atoms with Gasteiger partial charge in [-0.2, -0.15) is 0 Å². The molecule has 2 aliphatic heterocycles. The van der Waals surface area contributed by atoms with E-state index in [0.717, 1.165) is 19.5 Å². The summed E-state index contributed by atoms with van der Waals surface area (Å²) in [7, 11) is 0. The minimum Gasteiger partial charge on any atom is -0.443 e. The van der Waals surface area contributed by atoms with E-state index < -0.39 is 0 Å². The highest BCUT2D eigenvalue weighted by Crippen LogP contribution is 2.13. The Morgan fingerprint density at radius 3 is 3.09 bits per heavy atom. The fourth-order valence-corrected chi connectivity index (χ4v) is 1.44. The first-order valence-corrected chi connectivity index (χ1v) is 3.54. The summed E-state index contributed by atoms with van der Waals surface area (Å²) in [5.74, 6) is 0. The predicted molar refractivity (Wildman–Crippen MR) is 41.9 cm³/mol. The maximum Gasteiger partial charge on any atom is 0.407 e. The molecule has 2 aliphatic rings. The molecule has 0 aliphatic carbocycles. The van der Waals surface area contributed by atoms with Crippen molar-refractivity contribution in [3.8, 4) is 0 Å².